The molecule has 4 atom stereocenters. The van der Waals surface area contributed by atoms with Gasteiger partial charge in [0.15, 0.2) is 23.0 Å². The van der Waals surface area contributed by atoms with Crippen LogP contribution in [0.5, 0.6) is 28.7 Å². The molecule has 6 rings (SSSR count). The van der Waals surface area contributed by atoms with Crippen molar-refractivity contribution in [1.82, 2.24) is 0 Å². The molecule has 194 valence electrons. The third kappa shape index (κ3) is 3.70. The minimum absolute atomic E-state index is 0.0840. The van der Waals surface area contributed by atoms with E-state index in [1.54, 1.807) is 24.3 Å². The Bertz CT molecular complexity index is 1400. The van der Waals surface area contributed by atoms with Crippen LogP contribution in [0.25, 0.3) is 21.9 Å². The summed E-state index contributed by atoms with van der Waals surface area (Å²) in [6, 6.07) is 8.79. The number of carbonyl (C=O) groups is 1. The van der Waals surface area contributed by atoms with Crippen molar-refractivity contribution < 1.29 is 53.3 Å². The van der Waals surface area contributed by atoms with Crippen molar-refractivity contribution in [2.75, 3.05) is 27.6 Å². The molecule has 0 bridgehead atoms. The summed E-state index contributed by atoms with van der Waals surface area (Å²) >= 11 is 0. The lowest BCUT2D eigenvalue weighted by molar-refractivity contribution is -0.241. The van der Waals surface area contributed by atoms with Gasteiger partial charge in [0.25, 0.3) is 0 Å². The number of ether oxygens (including phenoxy) is 7. The van der Waals surface area contributed by atoms with Gasteiger partial charge in [0, 0.05) is 16.5 Å². The molecule has 3 N–H and O–H groups in total. The summed E-state index contributed by atoms with van der Waals surface area (Å²) in [5.41, 5.74) is 1.96. The summed E-state index contributed by atoms with van der Waals surface area (Å²) < 4.78 is 39.1. The molecule has 0 radical (unpaired) electrons. The van der Waals surface area contributed by atoms with E-state index in [9.17, 15) is 20.1 Å². The van der Waals surface area contributed by atoms with Crippen LogP contribution in [-0.4, -0.2) is 73.5 Å². The summed E-state index contributed by atoms with van der Waals surface area (Å²) in [6.45, 7) is -0.230. The Hall–Kier alpha value is -3.77. The maximum Gasteiger partial charge on any atom is 0.339 e. The van der Waals surface area contributed by atoms with Gasteiger partial charge < -0.3 is 48.5 Å². The van der Waals surface area contributed by atoms with E-state index in [0.717, 1.165) is 0 Å². The van der Waals surface area contributed by atoms with Gasteiger partial charge in [0.2, 0.25) is 13.1 Å². The van der Waals surface area contributed by atoms with Crippen LogP contribution >= 0.6 is 0 Å². The third-order valence-electron chi connectivity index (χ3n) is 6.76. The lowest BCUT2D eigenvalue weighted by Gasteiger charge is -2.35. The van der Waals surface area contributed by atoms with Crippen molar-refractivity contribution in [1.29, 1.82) is 0 Å². The highest BCUT2D eigenvalue weighted by atomic mass is 16.7. The van der Waals surface area contributed by atoms with E-state index in [0.29, 0.717) is 50.5 Å². The van der Waals surface area contributed by atoms with E-state index in [2.05, 4.69) is 0 Å². The SMILES string of the molecule is COc1cc2c(O[C@H]3OC[C@H](O)[C@@H](O)[C@H]3O)c3c(c(-c4ccc5c(c4)OCO5)c2cc1OC)C(=O)OC3. The molecule has 1 saturated heterocycles. The minimum Gasteiger partial charge on any atom is -0.493 e. The van der Waals surface area contributed by atoms with E-state index >= 15 is 0 Å². The number of hydrogen-bond acceptors (Lipinski definition) is 11. The normalized spacial score (nSPS) is 24.1. The zero-order valence-corrected chi connectivity index (χ0v) is 19.9. The number of esters is 1. The van der Waals surface area contributed by atoms with Gasteiger partial charge >= 0.3 is 5.97 Å². The van der Waals surface area contributed by atoms with Crippen molar-refractivity contribution in [3.63, 3.8) is 0 Å². The quantitative estimate of drug-likeness (QED) is 0.430. The number of rotatable bonds is 5. The Morgan fingerprint density at radius 1 is 0.865 bits per heavy atom. The predicted molar refractivity (Wildman–Crippen MR) is 126 cm³/mol. The van der Waals surface area contributed by atoms with Gasteiger partial charge in [-0.15, -0.1) is 0 Å². The highest BCUT2D eigenvalue weighted by Gasteiger charge is 2.41. The van der Waals surface area contributed by atoms with E-state index in [4.69, 9.17) is 33.2 Å². The molecule has 1 fully saturated rings. The fraction of sp³-hybridized carbons (Fsp3) is 0.346. The Morgan fingerprint density at radius 2 is 1.59 bits per heavy atom. The first-order chi connectivity index (χ1) is 17.9. The van der Waals surface area contributed by atoms with Crippen LogP contribution in [0.15, 0.2) is 30.3 Å². The summed E-state index contributed by atoms with van der Waals surface area (Å²) in [7, 11) is 3.00. The van der Waals surface area contributed by atoms with Crippen LogP contribution in [0, 0.1) is 0 Å². The first-order valence-electron chi connectivity index (χ1n) is 11.6. The van der Waals surface area contributed by atoms with Gasteiger partial charge in [0.1, 0.15) is 30.7 Å². The van der Waals surface area contributed by atoms with Crippen molar-refractivity contribution >= 4 is 16.7 Å². The lowest BCUT2D eigenvalue weighted by atomic mass is 9.89. The molecule has 3 aliphatic heterocycles. The average Bonchev–Trinajstić information content (AvgIpc) is 3.54. The smallest absolute Gasteiger partial charge is 0.339 e. The van der Waals surface area contributed by atoms with E-state index < -0.39 is 30.6 Å². The first kappa shape index (κ1) is 23.6. The van der Waals surface area contributed by atoms with Crippen LogP contribution in [0.4, 0.5) is 0 Å². The number of aliphatic hydroxyl groups is 3. The second-order valence-corrected chi connectivity index (χ2v) is 8.82. The molecule has 0 amide bonds. The lowest BCUT2D eigenvalue weighted by Crippen LogP contribution is -2.54. The summed E-state index contributed by atoms with van der Waals surface area (Å²) in [4.78, 5) is 13.1. The second-order valence-electron chi connectivity index (χ2n) is 8.82. The van der Waals surface area contributed by atoms with E-state index in [1.165, 1.54) is 14.2 Å². The topological polar surface area (TPSA) is 142 Å². The van der Waals surface area contributed by atoms with Crippen LogP contribution in [0.2, 0.25) is 0 Å². The van der Waals surface area contributed by atoms with Crippen LogP contribution in [0.3, 0.4) is 0 Å². The molecule has 11 nitrogen and oxygen atoms in total. The van der Waals surface area contributed by atoms with Gasteiger partial charge in [0.05, 0.1) is 26.4 Å². The molecule has 0 saturated carbocycles. The van der Waals surface area contributed by atoms with Gasteiger partial charge in [-0.3, -0.25) is 0 Å². The third-order valence-corrected chi connectivity index (χ3v) is 6.76. The van der Waals surface area contributed by atoms with Crippen LogP contribution in [-0.2, 0) is 16.1 Å². The van der Waals surface area contributed by atoms with Crippen molar-refractivity contribution in [2.24, 2.45) is 0 Å². The average molecular weight is 512 g/mol. The molecule has 37 heavy (non-hydrogen) atoms. The van der Waals surface area contributed by atoms with Crippen LogP contribution in [0.1, 0.15) is 15.9 Å². The Labute approximate surface area is 210 Å². The monoisotopic (exact) mass is 512 g/mol. The molecular weight excluding hydrogens is 488 g/mol. The number of carbonyl (C=O) groups excluding carboxylic acids is 1. The molecule has 3 aliphatic rings. The molecule has 11 heteroatoms. The van der Waals surface area contributed by atoms with Gasteiger partial charge in [-0.25, -0.2) is 4.79 Å². The highest BCUT2D eigenvalue weighted by molar-refractivity contribution is 6.14. The molecule has 0 unspecified atom stereocenters. The van der Waals surface area contributed by atoms with Crippen molar-refractivity contribution in [3.8, 4) is 39.9 Å². The number of methoxy groups -OCH3 is 2. The van der Waals surface area contributed by atoms with Crippen LogP contribution < -0.4 is 23.7 Å². The number of fused-ring (bicyclic) bond motifs is 3. The minimum atomic E-state index is -1.54. The number of hydrogen-bond donors (Lipinski definition) is 3. The highest BCUT2D eigenvalue weighted by Crippen LogP contribution is 2.49. The maximum absolute atomic E-state index is 13.1. The molecule has 0 aromatic heterocycles. The first-order valence-corrected chi connectivity index (χ1v) is 11.6. The van der Waals surface area contributed by atoms with E-state index in [-0.39, 0.29) is 31.3 Å². The van der Waals surface area contributed by atoms with E-state index in [1.807, 2.05) is 6.07 Å². The predicted octanol–water partition coefficient (Wildman–Crippen LogP) is 1.74. The fourth-order valence-corrected chi connectivity index (χ4v) is 4.89. The van der Waals surface area contributed by atoms with Gasteiger partial charge in [-0.1, -0.05) is 6.07 Å². The molecule has 0 aliphatic carbocycles. The zero-order valence-electron chi connectivity index (χ0n) is 19.9. The fourth-order valence-electron chi connectivity index (χ4n) is 4.89. The Balaban J connectivity index is 1.61. The molecule has 0 spiro atoms. The second kappa shape index (κ2) is 8.96. The standard InChI is InChI=1S/C26H24O11/c1-31-17-6-12-13(7-18(17)32-2)24(37-26-23(29)22(28)15(27)9-34-26)14-8-33-25(30)21(14)20(12)11-3-4-16-19(5-11)36-10-35-16/h3-7,15,22-23,26-29H,8-10H2,1-2H3/t15-,22+,23+,26+/m0/s1. The molecule has 3 aromatic rings. The zero-order chi connectivity index (χ0) is 25.8. The molecule has 3 heterocycles. The Kier molecular flexibility index (Phi) is 5.72. The number of benzene rings is 3. The van der Waals surface area contributed by atoms with Gasteiger partial charge in [-0.05, 0) is 35.2 Å². The molecular formula is C26H24O11. The summed E-state index contributed by atoms with van der Waals surface area (Å²) in [5.74, 6) is 1.62. The largest absolute Gasteiger partial charge is 0.493 e. The number of cyclic esters (lactones) is 1. The van der Waals surface area contributed by atoms with Crippen molar-refractivity contribution in [3.05, 3.63) is 41.5 Å². The summed E-state index contributed by atoms with van der Waals surface area (Å²) in [6.07, 6.45) is -5.59. The Morgan fingerprint density at radius 3 is 2.35 bits per heavy atom. The maximum atomic E-state index is 13.1. The number of aliphatic hydroxyl groups excluding tert-OH is 3. The summed E-state index contributed by atoms with van der Waals surface area (Å²) in [5, 5.41) is 31.6. The molecule has 3 aromatic carbocycles. The van der Waals surface area contributed by atoms with Gasteiger partial charge in [-0.2, -0.15) is 0 Å². The van der Waals surface area contributed by atoms with Crippen molar-refractivity contribution in [2.45, 2.75) is 31.2 Å².